The molecular weight excluding hydrogens is 386 g/mol. The molecule has 0 unspecified atom stereocenters. The molecule has 2 rings (SSSR count). The second kappa shape index (κ2) is 10.8. The molecule has 2 N–H and O–H groups in total. The van der Waals surface area contributed by atoms with Gasteiger partial charge in [-0.2, -0.15) is 8.78 Å². The average molecular weight is 413 g/mol. The van der Waals surface area contributed by atoms with Gasteiger partial charge < -0.3 is 20.1 Å². The molecule has 0 saturated carbocycles. The number of ether oxygens (including phenoxy) is 2. The lowest BCUT2D eigenvalue weighted by atomic mass is 10.2. The number of guanidine groups is 1. The van der Waals surface area contributed by atoms with Crippen molar-refractivity contribution >= 4 is 17.3 Å². The smallest absolute Gasteiger partial charge is 0.387 e. The quantitative estimate of drug-likeness (QED) is 0.486. The van der Waals surface area contributed by atoms with Gasteiger partial charge in [0, 0.05) is 24.4 Å². The Balaban J connectivity index is 1.99. The number of rotatable bonds is 9. The maximum atomic E-state index is 12.6. The Bertz CT molecular complexity index is 777. The average Bonchev–Trinajstić information content (AvgIpc) is 2.97. The number of nitrogens with zero attached hydrogens (tertiary/aromatic N) is 2. The summed E-state index contributed by atoms with van der Waals surface area (Å²) in [4.78, 5) is 10.3. The van der Waals surface area contributed by atoms with Gasteiger partial charge in [-0.1, -0.05) is 6.07 Å². The van der Waals surface area contributed by atoms with Crippen molar-refractivity contribution in [3.05, 3.63) is 39.3 Å². The molecule has 0 amide bonds. The fraction of sp³-hybridized carbons (Fsp3) is 0.474. The Hall–Kier alpha value is -2.42. The molecule has 6 nitrogen and oxygen atoms in total. The number of nitrogens with one attached hydrogen (secondary N) is 2. The van der Waals surface area contributed by atoms with E-state index in [1.165, 1.54) is 18.1 Å². The van der Waals surface area contributed by atoms with Gasteiger partial charge in [0.05, 0.1) is 24.4 Å². The summed E-state index contributed by atoms with van der Waals surface area (Å²) in [5.41, 5.74) is 1.81. The van der Waals surface area contributed by atoms with Crippen molar-refractivity contribution in [3.63, 3.8) is 0 Å². The van der Waals surface area contributed by atoms with E-state index >= 15 is 0 Å². The zero-order valence-corrected chi connectivity index (χ0v) is 17.3. The molecule has 0 radical (unpaired) electrons. The van der Waals surface area contributed by atoms with Crippen LogP contribution in [0.1, 0.15) is 28.1 Å². The maximum Gasteiger partial charge on any atom is 0.387 e. The standard InChI is InChI=1S/C19H26F2N4O2S/c1-5-22-19(23-9-8-17-25-12(2)13(3)28-17)24-11-14-6-7-15(26-4)16(10-14)27-18(20)21/h6-7,10,18H,5,8-9,11H2,1-4H3,(H2,22,23,24). The Labute approximate surface area is 168 Å². The molecule has 0 atom stereocenters. The Morgan fingerprint density at radius 2 is 2.04 bits per heavy atom. The molecule has 0 saturated heterocycles. The highest BCUT2D eigenvalue weighted by molar-refractivity contribution is 7.11. The van der Waals surface area contributed by atoms with E-state index in [1.807, 2.05) is 13.8 Å². The molecule has 0 aliphatic rings. The molecular formula is C19H26F2N4O2S. The molecule has 1 aromatic carbocycles. The monoisotopic (exact) mass is 412 g/mol. The first-order valence-electron chi connectivity index (χ1n) is 8.99. The van der Waals surface area contributed by atoms with Crippen LogP contribution in [0.2, 0.25) is 0 Å². The van der Waals surface area contributed by atoms with E-state index in [4.69, 9.17) is 4.74 Å². The zero-order valence-electron chi connectivity index (χ0n) is 16.5. The molecule has 154 valence electrons. The first-order chi connectivity index (χ1) is 13.4. The van der Waals surface area contributed by atoms with E-state index in [1.54, 1.807) is 23.5 Å². The molecule has 0 fully saturated rings. The van der Waals surface area contributed by atoms with Gasteiger partial charge in [-0.25, -0.2) is 9.98 Å². The van der Waals surface area contributed by atoms with Crippen LogP contribution in [-0.2, 0) is 13.0 Å². The van der Waals surface area contributed by atoms with Crippen molar-refractivity contribution in [2.24, 2.45) is 4.99 Å². The summed E-state index contributed by atoms with van der Waals surface area (Å²) in [7, 11) is 1.41. The lowest BCUT2D eigenvalue weighted by Crippen LogP contribution is -2.38. The summed E-state index contributed by atoms with van der Waals surface area (Å²) in [6.45, 7) is 4.86. The molecule has 0 bridgehead atoms. The summed E-state index contributed by atoms with van der Waals surface area (Å²) in [5.74, 6) is 0.907. The summed E-state index contributed by atoms with van der Waals surface area (Å²) >= 11 is 1.70. The van der Waals surface area contributed by atoms with Gasteiger partial charge >= 0.3 is 6.61 Å². The Morgan fingerprint density at radius 1 is 1.25 bits per heavy atom. The number of hydrogen-bond donors (Lipinski definition) is 2. The molecule has 1 heterocycles. The summed E-state index contributed by atoms with van der Waals surface area (Å²) < 4.78 is 34.7. The van der Waals surface area contributed by atoms with Crippen LogP contribution >= 0.6 is 11.3 Å². The number of aromatic nitrogens is 1. The van der Waals surface area contributed by atoms with Gasteiger partial charge in [0.25, 0.3) is 0 Å². The normalized spacial score (nSPS) is 11.6. The molecule has 0 aliphatic carbocycles. The Kier molecular flexibility index (Phi) is 8.43. The minimum atomic E-state index is -2.91. The third-order valence-corrected chi connectivity index (χ3v) is 5.04. The van der Waals surface area contributed by atoms with E-state index < -0.39 is 6.61 Å². The summed E-state index contributed by atoms with van der Waals surface area (Å²) in [5, 5.41) is 7.52. The third-order valence-electron chi connectivity index (χ3n) is 3.91. The first kappa shape index (κ1) is 21.9. The molecule has 2 aromatic rings. The number of halogens is 2. The molecule has 1 aromatic heterocycles. The topological polar surface area (TPSA) is 67.8 Å². The second-order valence-electron chi connectivity index (χ2n) is 5.98. The number of hydrogen-bond acceptors (Lipinski definition) is 5. The van der Waals surface area contributed by atoms with E-state index in [0.29, 0.717) is 25.6 Å². The molecule has 0 aliphatic heterocycles. The highest BCUT2D eigenvalue weighted by Gasteiger charge is 2.11. The van der Waals surface area contributed by atoms with E-state index in [9.17, 15) is 8.78 Å². The van der Waals surface area contributed by atoms with Crippen molar-refractivity contribution in [2.75, 3.05) is 20.2 Å². The van der Waals surface area contributed by atoms with Crippen LogP contribution in [0.3, 0.4) is 0 Å². The van der Waals surface area contributed by atoms with Gasteiger partial charge in [0.15, 0.2) is 17.5 Å². The lowest BCUT2D eigenvalue weighted by molar-refractivity contribution is -0.0512. The van der Waals surface area contributed by atoms with E-state index in [-0.39, 0.29) is 11.5 Å². The van der Waals surface area contributed by atoms with Crippen molar-refractivity contribution < 1.29 is 18.3 Å². The van der Waals surface area contributed by atoms with Crippen molar-refractivity contribution in [1.29, 1.82) is 0 Å². The van der Waals surface area contributed by atoms with Crippen LogP contribution in [0, 0.1) is 13.8 Å². The van der Waals surface area contributed by atoms with Crippen LogP contribution in [0.5, 0.6) is 11.5 Å². The predicted octanol–water partition coefficient (Wildman–Crippen LogP) is 3.67. The van der Waals surface area contributed by atoms with Crippen molar-refractivity contribution in [2.45, 2.75) is 40.3 Å². The number of methoxy groups -OCH3 is 1. The van der Waals surface area contributed by atoms with Crippen LogP contribution in [-0.4, -0.2) is 37.8 Å². The van der Waals surface area contributed by atoms with Crippen molar-refractivity contribution in [1.82, 2.24) is 15.6 Å². The molecule has 28 heavy (non-hydrogen) atoms. The maximum absolute atomic E-state index is 12.6. The van der Waals surface area contributed by atoms with Crippen molar-refractivity contribution in [3.8, 4) is 11.5 Å². The number of thiazole rings is 1. The predicted molar refractivity (Wildman–Crippen MR) is 108 cm³/mol. The SMILES string of the molecule is CCNC(=NCc1ccc(OC)c(OC(F)F)c1)NCCc1nc(C)c(C)s1. The highest BCUT2D eigenvalue weighted by Crippen LogP contribution is 2.29. The summed E-state index contributed by atoms with van der Waals surface area (Å²) in [6, 6.07) is 4.88. The van der Waals surface area contributed by atoms with Crippen LogP contribution in [0.15, 0.2) is 23.2 Å². The molecule has 9 heteroatoms. The van der Waals surface area contributed by atoms with Gasteiger partial charge in [-0.05, 0) is 38.5 Å². The minimum Gasteiger partial charge on any atom is -0.493 e. The van der Waals surface area contributed by atoms with Crippen LogP contribution in [0.25, 0.3) is 0 Å². The fourth-order valence-electron chi connectivity index (χ4n) is 2.45. The fourth-order valence-corrected chi connectivity index (χ4v) is 3.39. The van der Waals surface area contributed by atoms with E-state index in [2.05, 4.69) is 32.3 Å². The minimum absolute atomic E-state index is 0.00216. The highest BCUT2D eigenvalue weighted by atomic mass is 32.1. The van der Waals surface area contributed by atoms with E-state index in [0.717, 1.165) is 22.7 Å². The van der Waals surface area contributed by atoms with Gasteiger partial charge in [-0.15, -0.1) is 11.3 Å². The number of aryl methyl sites for hydroxylation is 2. The number of benzene rings is 1. The number of aliphatic imine (C=N–C) groups is 1. The van der Waals surface area contributed by atoms with Crippen LogP contribution in [0.4, 0.5) is 8.78 Å². The lowest BCUT2D eigenvalue weighted by Gasteiger charge is -2.12. The summed E-state index contributed by atoms with van der Waals surface area (Å²) in [6.07, 6.45) is 0.804. The van der Waals surface area contributed by atoms with Crippen LogP contribution < -0.4 is 20.1 Å². The number of alkyl halides is 2. The van der Waals surface area contributed by atoms with Gasteiger partial charge in [0.1, 0.15) is 0 Å². The largest absolute Gasteiger partial charge is 0.493 e. The zero-order chi connectivity index (χ0) is 20.5. The van der Waals surface area contributed by atoms with Gasteiger partial charge in [-0.3, -0.25) is 0 Å². The third kappa shape index (κ3) is 6.63. The van der Waals surface area contributed by atoms with Gasteiger partial charge in [0.2, 0.25) is 0 Å². The molecule has 0 spiro atoms. The first-order valence-corrected chi connectivity index (χ1v) is 9.81. The second-order valence-corrected chi connectivity index (χ2v) is 7.27. The Morgan fingerprint density at radius 3 is 2.64 bits per heavy atom.